The molecule has 3 heterocycles. The number of pyridine rings is 2. The third-order valence-corrected chi connectivity index (χ3v) is 3.37. The van der Waals surface area contributed by atoms with Gasteiger partial charge in [0.2, 0.25) is 0 Å². The molecule has 0 saturated carbocycles. The fraction of sp³-hybridized carbons (Fsp3) is 0.133. The normalized spacial score (nSPS) is 10.7. The molecule has 0 aliphatic rings. The first-order chi connectivity index (χ1) is 11.1. The van der Waals surface area contributed by atoms with E-state index in [0.717, 1.165) is 5.69 Å². The lowest BCUT2D eigenvalue weighted by molar-refractivity contribution is 0.0950. The van der Waals surface area contributed by atoms with E-state index in [1.165, 1.54) is 23.9 Å². The number of fused-ring (bicyclic) bond motifs is 1. The number of nitrogens with one attached hydrogen (secondary N) is 2. The van der Waals surface area contributed by atoms with Crippen LogP contribution >= 0.6 is 0 Å². The Labute approximate surface area is 129 Å². The number of aryl methyl sites for hydroxylation is 1. The molecule has 0 radical (unpaired) electrons. The third kappa shape index (κ3) is 2.86. The van der Waals surface area contributed by atoms with Gasteiger partial charge in [-0.05, 0) is 18.2 Å². The average Bonchev–Trinajstić information content (AvgIpc) is 2.58. The number of nitrogens with zero attached hydrogens (tertiary/aromatic N) is 3. The molecule has 3 aromatic rings. The maximum atomic E-state index is 12.2. The van der Waals surface area contributed by atoms with Gasteiger partial charge < -0.3 is 5.32 Å². The molecule has 0 spiro atoms. The van der Waals surface area contributed by atoms with Crippen LogP contribution in [0.3, 0.4) is 0 Å². The van der Waals surface area contributed by atoms with Gasteiger partial charge in [0.15, 0.2) is 0 Å². The molecule has 3 rings (SSSR count). The highest BCUT2D eigenvalue weighted by atomic mass is 16.2. The van der Waals surface area contributed by atoms with E-state index in [2.05, 4.69) is 20.3 Å². The van der Waals surface area contributed by atoms with Crippen molar-refractivity contribution in [1.82, 2.24) is 24.8 Å². The first-order valence-corrected chi connectivity index (χ1v) is 6.83. The second-order valence-corrected chi connectivity index (χ2v) is 4.92. The highest BCUT2D eigenvalue weighted by Crippen LogP contribution is 2.07. The van der Waals surface area contributed by atoms with Gasteiger partial charge in [-0.1, -0.05) is 6.07 Å². The van der Waals surface area contributed by atoms with E-state index < -0.39 is 11.2 Å². The van der Waals surface area contributed by atoms with Crippen LogP contribution in [0.5, 0.6) is 0 Å². The zero-order valence-electron chi connectivity index (χ0n) is 12.2. The fourth-order valence-electron chi connectivity index (χ4n) is 2.14. The van der Waals surface area contributed by atoms with Gasteiger partial charge in [-0.15, -0.1) is 0 Å². The number of aromatic nitrogens is 4. The average molecular weight is 311 g/mol. The lowest BCUT2D eigenvalue weighted by atomic mass is 10.2. The molecule has 8 heteroatoms. The minimum absolute atomic E-state index is 0.178. The third-order valence-electron chi connectivity index (χ3n) is 3.37. The summed E-state index contributed by atoms with van der Waals surface area (Å²) in [6.45, 7) is 0.265. The van der Waals surface area contributed by atoms with Crippen molar-refractivity contribution in [2.75, 3.05) is 0 Å². The van der Waals surface area contributed by atoms with Gasteiger partial charge in [0, 0.05) is 19.4 Å². The molecule has 2 N–H and O–H groups in total. The maximum Gasteiger partial charge on any atom is 0.329 e. The molecule has 1 amide bonds. The van der Waals surface area contributed by atoms with Gasteiger partial charge >= 0.3 is 5.69 Å². The number of rotatable bonds is 3. The minimum atomic E-state index is -0.574. The predicted octanol–water partition coefficient (Wildman–Crippen LogP) is -0.0532. The van der Waals surface area contributed by atoms with Crippen LogP contribution in [0, 0.1) is 0 Å². The van der Waals surface area contributed by atoms with E-state index in [4.69, 9.17) is 0 Å². The second-order valence-electron chi connectivity index (χ2n) is 4.92. The van der Waals surface area contributed by atoms with E-state index >= 15 is 0 Å². The van der Waals surface area contributed by atoms with E-state index in [1.807, 2.05) is 6.07 Å². The molecule has 23 heavy (non-hydrogen) atoms. The monoisotopic (exact) mass is 311 g/mol. The molecule has 116 valence electrons. The maximum absolute atomic E-state index is 12.2. The number of carbonyl (C=O) groups excluding carboxylic acids is 1. The zero-order valence-corrected chi connectivity index (χ0v) is 12.2. The lowest BCUT2D eigenvalue weighted by Gasteiger charge is -2.06. The number of hydrogen-bond donors (Lipinski definition) is 2. The Kier molecular flexibility index (Phi) is 3.71. The molecule has 3 aromatic heterocycles. The highest BCUT2D eigenvalue weighted by Gasteiger charge is 2.11. The molecule has 0 unspecified atom stereocenters. The van der Waals surface area contributed by atoms with E-state index in [9.17, 15) is 14.4 Å². The number of H-pyrrole nitrogens is 1. The van der Waals surface area contributed by atoms with Gasteiger partial charge in [0.25, 0.3) is 11.5 Å². The number of carbonyl (C=O) groups is 1. The van der Waals surface area contributed by atoms with E-state index in [0.29, 0.717) is 0 Å². The SMILES string of the molecule is Cn1c(=O)[nH]c(=O)c2cc(C(=O)NCc3ccccn3)cnc21. The molecular weight excluding hydrogens is 298 g/mol. The molecule has 8 nitrogen and oxygen atoms in total. The van der Waals surface area contributed by atoms with Crippen molar-refractivity contribution in [3.63, 3.8) is 0 Å². The van der Waals surface area contributed by atoms with Crippen molar-refractivity contribution >= 4 is 16.9 Å². The Morgan fingerprint density at radius 2 is 2.13 bits per heavy atom. The smallest absolute Gasteiger partial charge is 0.329 e. The van der Waals surface area contributed by atoms with Crippen molar-refractivity contribution in [3.05, 3.63) is 68.8 Å². The van der Waals surface area contributed by atoms with Crippen molar-refractivity contribution in [2.24, 2.45) is 7.05 Å². The Balaban J connectivity index is 1.90. The molecule has 0 fully saturated rings. The van der Waals surface area contributed by atoms with Crippen LogP contribution in [0.15, 0.2) is 46.2 Å². The summed E-state index contributed by atoms with van der Waals surface area (Å²) in [6.07, 6.45) is 2.97. The van der Waals surface area contributed by atoms with Gasteiger partial charge in [-0.3, -0.25) is 24.1 Å². The van der Waals surface area contributed by atoms with Crippen LogP contribution < -0.4 is 16.6 Å². The Hall–Kier alpha value is -3.29. The van der Waals surface area contributed by atoms with Gasteiger partial charge in [-0.2, -0.15) is 0 Å². The largest absolute Gasteiger partial charge is 0.346 e. The Morgan fingerprint density at radius 1 is 1.30 bits per heavy atom. The van der Waals surface area contributed by atoms with Crippen LogP contribution in [0.25, 0.3) is 11.0 Å². The van der Waals surface area contributed by atoms with Crippen LogP contribution in [-0.4, -0.2) is 25.4 Å². The molecule has 0 bridgehead atoms. The number of amides is 1. The topological polar surface area (TPSA) is 110 Å². The first kappa shape index (κ1) is 14.6. The van der Waals surface area contributed by atoms with Crippen molar-refractivity contribution in [1.29, 1.82) is 0 Å². The van der Waals surface area contributed by atoms with E-state index in [1.54, 1.807) is 18.3 Å². The summed E-state index contributed by atoms with van der Waals surface area (Å²) in [5, 5.41) is 2.88. The van der Waals surface area contributed by atoms with Crippen molar-refractivity contribution < 1.29 is 4.79 Å². The van der Waals surface area contributed by atoms with Crippen LogP contribution in [0.4, 0.5) is 0 Å². The summed E-state index contributed by atoms with van der Waals surface area (Å²) in [4.78, 5) is 45.9. The summed E-state index contributed by atoms with van der Waals surface area (Å²) >= 11 is 0. The van der Waals surface area contributed by atoms with Crippen LogP contribution in [0.1, 0.15) is 16.1 Å². The summed E-state index contributed by atoms with van der Waals surface area (Å²) in [7, 11) is 1.49. The van der Waals surface area contributed by atoms with Crippen LogP contribution in [-0.2, 0) is 13.6 Å². The molecular formula is C15H13N5O3. The van der Waals surface area contributed by atoms with Gasteiger partial charge in [0.05, 0.1) is 23.2 Å². The molecule has 0 saturated heterocycles. The molecule has 0 aliphatic carbocycles. The molecule has 0 aliphatic heterocycles. The summed E-state index contributed by atoms with van der Waals surface area (Å²) in [5.41, 5.74) is 0.0461. The predicted molar refractivity (Wildman–Crippen MR) is 83.0 cm³/mol. The van der Waals surface area contributed by atoms with Crippen LogP contribution in [0.2, 0.25) is 0 Å². The summed E-state index contributed by atoms with van der Waals surface area (Å²) in [6, 6.07) is 6.81. The Morgan fingerprint density at radius 3 is 2.87 bits per heavy atom. The summed E-state index contributed by atoms with van der Waals surface area (Å²) in [5.74, 6) is -0.377. The number of aromatic amines is 1. The molecule has 0 aromatic carbocycles. The molecule has 0 atom stereocenters. The van der Waals surface area contributed by atoms with Crippen molar-refractivity contribution in [2.45, 2.75) is 6.54 Å². The minimum Gasteiger partial charge on any atom is -0.346 e. The summed E-state index contributed by atoms with van der Waals surface area (Å²) < 4.78 is 1.21. The second kappa shape index (κ2) is 5.84. The van der Waals surface area contributed by atoms with Gasteiger partial charge in [-0.25, -0.2) is 9.78 Å². The lowest BCUT2D eigenvalue weighted by Crippen LogP contribution is -2.29. The fourth-order valence-corrected chi connectivity index (χ4v) is 2.14. The Bertz CT molecular complexity index is 991. The highest BCUT2D eigenvalue weighted by molar-refractivity contribution is 5.96. The van der Waals surface area contributed by atoms with E-state index in [-0.39, 0.29) is 29.0 Å². The number of hydrogen-bond acceptors (Lipinski definition) is 5. The van der Waals surface area contributed by atoms with Gasteiger partial charge in [0.1, 0.15) is 5.65 Å². The quantitative estimate of drug-likeness (QED) is 0.704. The standard InChI is InChI=1S/C15H13N5O3/c1-20-12-11(14(22)19-15(20)23)6-9(7-17-12)13(21)18-8-10-4-2-3-5-16-10/h2-7H,8H2,1H3,(H,18,21)(H,19,22,23). The zero-order chi connectivity index (χ0) is 16.4. The first-order valence-electron chi connectivity index (χ1n) is 6.83. The van der Waals surface area contributed by atoms with Crippen molar-refractivity contribution in [3.8, 4) is 0 Å².